The third-order valence-electron chi connectivity index (χ3n) is 5.93. The lowest BCUT2D eigenvalue weighted by Gasteiger charge is -2.40. The zero-order chi connectivity index (χ0) is 18.9. The molecule has 1 spiro atoms. The highest BCUT2D eigenvalue weighted by Crippen LogP contribution is 2.40. The number of methoxy groups -OCH3 is 1. The number of benzene rings is 1. The molecular weight excluding hydrogens is 343 g/mol. The van der Waals surface area contributed by atoms with Crippen LogP contribution in [0.5, 0.6) is 5.75 Å². The van der Waals surface area contributed by atoms with E-state index in [0.29, 0.717) is 17.9 Å². The molecule has 2 aromatic rings. The van der Waals surface area contributed by atoms with Crippen molar-refractivity contribution < 1.29 is 9.13 Å². The van der Waals surface area contributed by atoms with Crippen molar-refractivity contribution in [3.05, 3.63) is 47.4 Å². The van der Waals surface area contributed by atoms with Gasteiger partial charge in [-0.3, -0.25) is 4.90 Å². The van der Waals surface area contributed by atoms with Gasteiger partial charge in [0.1, 0.15) is 11.6 Å². The molecule has 1 unspecified atom stereocenters. The lowest BCUT2D eigenvalue weighted by Crippen LogP contribution is -2.44. The Labute approximate surface area is 160 Å². The van der Waals surface area contributed by atoms with E-state index in [-0.39, 0.29) is 11.2 Å². The summed E-state index contributed by atoms with van der Waals surface area (Å²) in [6.07, 6.45) is 3.53. The summed E-state index contributed by atoms with van der Waals surface area (Å²) in [6.45, 7) is 6.62. The molecule has 0 radical (unpaired) electrons. The molecule has 2 aliphatic heterocycles. The van der Waals surface area contributed by atoms with Gasteiger partial charge in [0, 0.05) is 37.2 Å². The van der Waals surface area contributed by atoms with E-state index in [1.165, 1.54) is 12.5 Å². The van der Waals surface area contributed by atoms with Gasteiger partial charge in [0.15, 0.2) is 5.82 Å². The monoisotopic (exact) mass is 370 g/mol. The molecular formula is C21H27FN4O. The Morgan fingerprint density at radius 2 is 2.00 bits per heavy atom. The Kier molecular flexibility index (Phi) is 5.00. The summed E-state index contributed by atoms with van der Waals surface area (Å²) in [5, 5.41) is 8.55. The van der Waals surface area contributed by atoms with Crippen LogP contribution in [0, 0.1) is 18.2 Å². The summed E-state index contributed by atoms with van der Waals surface area (Å²) in [7, 11) is 1.62. The summed E-state index contributed by atoms with van der Waals surface area (Å²) < 4.78 is 19.5. The molecule has 144 valence electrons. The molecule has 2 saturated heterocycles. The highest BCUT2D eigenvalue weighted by Gasteiger charge is 2.41. The number of rotatable bonds is 4. The average molecular weight is 370 g/mol. The molecule has 4 rings (SSSR count). The van der Waals surface area contributed by atoms with Crippen LogP contribution in [0.25, 0.3) is 0 Å². The van der Waals surface area contributed by atoms with Gasteiger partial charge in [-0.1, -0.05) is 0 Å². The van der Waals surface area contributed by atoms with Gasteiger partial charge in [0.05, 0.1) is 12.8 Å². The summed E-state index contributed by atoms with van der Waals surface area (Å²) in [5.41, 5.74) is 1.92. The zero-order valence-corrected chi connectivity index (χ0v) is 16.1. The first-order valence-corrected chi connectivity index (χ1v) is 9.67. The third-order valence-corrected chi connectivity index (χ3v) is 5.93. The molecule has 3 heterocycles. The molecule has 1 aromatic carbocycles. The second-order valence-corrected chi connectivity index (χ2v) is 7.98. The third kappa shape index (κ3) is 3.90. The van der Waals surface area contributed by atoms with Gasteiger partial charge < -0.3 is 9.64 Å². The Balaban J connectivity index is 1.44. The quantitative estimate of drug-likeness (QED) is 0.825. The second kappa shape index (κ2) is 7.43. The molecule has 6 heteroatoms. The molecule has 5 nitrogen and oxygen atoms in total. The molecule has 27 heavy (non-hydrogen) atoms. The van der Waals surface area contributed by atoms with Crippen LogP contribution < -0.4 is 9.64 Å². The van der Waals surface area contributed by atoms with Crippen LogP contribution in [0.4, 0.5) is 10.2 Å². The lowest BCUT2D eigenvalue weighted by molar-refractivity contribution is 0.0981. The molecule has 0 aliphatic carbocycles. The molecule has 2 aliphatic rings. The number of anilines is 1. The van der Waals surface area contributed by atoms with Gasteiger partial charge in [0.2, 0.25) is 0 Å². The minimum absolute atomic E-state index is 0.154. The van der Waals surface area contributed by atoms with Crippen molar-refractivity contribution in [2.45, 2.75) is 32.7 Å². The van der Waals surface area contributed by atoms with Gasteiger partial charge >= 0.3 is 0 Å². The number of piperidine rings is 1. The maximum absolute atomic E-state index is 14.2. The normalized spacial score (nSPS) is 23.1. The van der Waals surface area contributed by atoms with E-state index in [1.807, 2.05) is 19.1 Å². The number of ether oxygens (including phenoxy) is 1. The van der Waals surface area contributed by atoms with E-state index in [2.05, 4.69) is 26.1 Å². The average Bonchev–Trinajstić information content (AvgIpc) is 3.07. The number of hydrogen-bond acceptors (Lipinski definition) is 5. The van der Waals surface area contributed by atoms with Crippen LogP contribution >= 0.6 is 0 Å². The largest absolute Gasteiger partial charge is 0.497 e. The standard InChI is InChI=1S/C21H27FN4O/c1-16-4-7-20(24-23-16)26-11-9-21(15-26)8-3-10-25(14-21)13-17-12-18(27-2)5-6-19(17)22/h4-7,12H,3,8-11,13-15H2,1-2H3. The highest BCUT2D eigenvalue weighted by molar-refractivity contribution is 5.39. The minimum atomic E-state index is -0.154. The number of hydrogen-bond donors (Lipinski definition) is 0. The lowest BCUT2D eigenvalue weighted by atomic mass is 9.79. The van der Waals surface area contributed by atoms with E-state index < -0.39 is 0 Å². The molecule has 1 aromatic heterocycles. The summed E-state index contributed by atoms with van der Waals surface area (Å²) in [4.78, 5) is 4.74. The Hall–Kier alpha value is -2.21. The fourth-order valence-corrected chi connectivity index (χ4v) is 4.51. The summed E-state index contributed by atoms with van der Waals surface area (Å²) >= 11 is 0. The molecule has 0 amide bonds. The second-order valence-electron chi connectivity index (χ2n) is 7.98. The smallest absolute Gasteiger partial charge is 0.151 e. The topological polar surface area (TPSA) is 41.5 Å². The van der Waals surface area contributed by atoms with E-state index in [0.717, 1.165) is 50.5 Å². The molecule has 0 bridgehead atoms. The fraction of sp³-hybridized carbons (Fsp3) is 0.524. The number of likely N-dealkylation sites (tertiary alicyclic amines) is 1. The van der Waals surface area contributed by atoms with Crippen LogP contribution in [0.1, 0.15) is 30.5 Å². The van der Waals surface area contributed by atoms with Crippen molar-refractivity contribution in [3.8, 4) is 5.75 Å². The van der Waals surface area contributed by atoms with E-state index in [1.54, 1.807) is 13.2 Å². The van der Waals surface area contributed by atoms with Crippen molar-refractivity contribution in [3.63, 3.8) is 0 Å². The number of aryl methyl sites for hydroxylation is 1. The number of halogens is 1. The molecule has 2 fully saturated rings. The summed E-state index contributed by atoms with van der Waals surface area (Å²) in [6, 6.07) is 9.08. The SMILES string of the molecule is COc1ccc(F)c(CN2CCCC3(CCN(c4ccc(C)nn4)C3)C2)c1. The minimum Gasteiger partial charge on any atom is -0.497 e. The zero-order valence-electron chi connectivity index (χ0n) is 16.1. The first-order valence-electron chi connectivity index (χ1n) is 9.67. The first kappa shape index (κ1) is 18.2. The van der Waals surface area contributed by atoms with E-state index in [9.17, 15) is 4.39 Å². The van der Waals surface area contributed by atoms with Gasteiger partial charge in [0.25, 0.3) is 0 Å². The predicted molar refractivity (Wildman–Crippen MR) is 103 cm³/mol. The van der Waals surface area contributed by atoms with Crippen LogP contribution in [0.15, 0.2) is 30.3 Å². The maximum Gasteiger partial charge on any atom is 0.151 e. The van der Waals surface area contributed by atoms with Gasteiger partial charge in [-0.25, -0.2) is 4.39 Å². The predicted octanol–water partition coefficient (Wildman–Crippen LogP) is 3.43. The number of nitrogens with zero attached hydrogens (tertiary/aromatic N) is 4. The molecule has 1 atom stereocenters. The Morgan fingerprint density at radius 3 is 2.78 bits per heavy atom. The van der Waals surface area contributed by atoms with Crippen molar-refractivity contribution in [1.82, 2.24) is 15.1 Å². The van der Waals surface area contributed by atoms with E-state index in [4.69, 9.17) is 4.74 Å². The van der Waals surface area contributed by atoms with Gasteiger partial charge in [-0.15, -0.1) is 5.10 Å². The van der Waals surface area contributed by atoms with Crippen molar-refractivity contribution in [2.24, 2.45) is 5.41 Å². The van der Waals surface area contributed by atoms with Crippen molar-refractivity contribution >= 4 is 5.82 Å². The van der Waals surface area contributed by atoms with Gasteiger partial charge in [-0.2, -0.15) is 5.10 Å². The Bertz CT molecular complexity index is 797. The highest BCUT2D eigenvalue weighted by atomic mass is 19.1. The van der Waals surface area contributed by atoms with Gasteiger partial charge in [-0.05, 0) is 63.1 Å². The van der Waals surface area contributed by atoms with Crippen LogP contribution in [0.2, 0.25) is 0 Å². The number of aromatic nitrogens is 2. The van der Waals surface area contributed by atoms with E-state index >= 15 is 0 Å². The summed E-state index contributed by atoms with van der Waals surface area (Å²) in [5.74, 6) is 1.52. The molecule has 0 saturated carbocycles. The molecule has 0 N–H and O–H groups in total. The Morgan fingerprint density at radius 1 is 1.11 bits per heavy atom. The van der Waals surface area contributed by atoms with Crippen LogP contribution in [-0.4, -0.2) is 48.4 Å². The van der Waals surface area contributed by atoms with Crippen molar-refractivity contribution in [1.29, 1.82) is 0 Å². The fourth-order valence-electron chi connectivity index (χ4n) is 4.51. The van der Waals surface area contributed by atoms with Crippen LogP contribution in [-0.2, 0) is 6.54 Å². The first-order chi connectivity index (χ1) is 13.1. The maximum atomic E-state index is 14.2. The van der Waals surface area contributed by atoms with Crippen molar-refractivity contribution in [2.75, 3.05) is 38.2 Å². The van der Waals surface area contributed by atoms with Crippen LogP contribution in [0.3, 0.4) is 0 Å².